The SMILES string of the molecule is CC(C)(C)CNC(=O)C(CSCc1ccccc1)NCC1CO1. The minimum atomic E-state index is -0.171. The summed E-state index contributed by atoms with van der Waals surface area (Å²) in [5.74, 6) is 1.77. The van der Waals surface area contributed by atoms with Crippen LogP contribution in [0.3, 0.4) is 0 Å². The number of hydrogen-bond acceptors (Lipinski definition) is 4. The molecule has 2 N–H and O–H groups in total. The molecular formula is C18H28N2O2S. The Morgan fingerprint density at radius 3 is 2.65 bits per heavy atom. The molecule has 1 fully saturated rings. The van der Waals surface area contributed by atoms with Crippen LogP contribution in [-0.4, -0.2) is 43.5 Å². The first-order valence-corrected chi connectivity index (χ1v) is 9.34. The van der Waals surface area contributed by atoms with Gasteiger partial charge >= 0.3 is 0 Å². The molecule has 0 saturated carbocycles. The lowest BCUT2D eigenvalue weighted by Gasteiger charge is -2.22. The molecule has 2 unspecified atom stereocenters. The third-order valence-electron chi connectivity index (χ3n) is 3.50. The standard InChI is InChI=1S/C18H28N2O2S/c1-18(2,3)13-20-17(21)16(19-9-15-10-22-15)12-23-11-14-7-5-4-6-8-14/h4-8,15-16,19H,9-13H2,1-3H3,(H,20,21). The van der Waals surface area contributed by atoms with E-state index in [-0.39, 0.29) is 23.5 Å². The number of carbonyl (C=O) groups is 1. The lowest BCUT2D eigenvalue weighted by molar-refractivity contribution is -0.123. The van der Waals surface area contributed by atoms with Crippen molar-refractivity contribution in [1.82, 2.24) is 10.6 Å². The van der Waals surface area contributed by atoms with Crippen LogP contribution in [0.5, 0.6) is 0 Å². The molecular weight excluding hydrogens is 308 g/mol. The molecule has 2 rings (SSSR count). The highest BCUT2D eigenvalue weighted by Crippen LogP contribution is 2.15. The van der Waals surface area contributed by atoms with Gasteiger partial charge in [0.05, 0.1) is 18.8 Å². The van der Waals surface area contributed by atoms with Gasteiger partial charge in [-0.15, -0.1) is 0 Å². The molecule has 23 heavy (non-hydrogen) atoms. The van der Waals surface area contributed by atoms with Crippen molar-refractivity contribution in [1.29, 1.82) is 0 Å². The molecule has 1 aromatic rings. The summed E-state index contributed by atoms with van der Waals surface area (Å²) in [6.07, 6.45) is 0.284. The average molecular weight is 337 g/mol. The zero-order valence-electron chi connectivity index (χ0n) is 14.3. The molecule has 4 nitrogen and oxygen atoms in total. The second-order valence-corrected chi connectivity index (χ2v) is 8.23. The van der Waals surface area contributed by atoms with Gasteiger partial charge in [-0.3, -0.25) is 4.79 Å². The summed E-state index contributed by atoms with van der Waals surface area (Å²) in [5, 5.41) is 6.41. The number of hydrogen-bond donors (Lipinski definition) is 2. The summed E-state index contributed by atoms with van der Waals surface area (Å²) >= 11 is 1.78. The minimum absolute atomic E-state index is 0.0844. The molecule has 1 aliphatic rings. The van der Waals surface area contributed by atoms with E-state index in [4.69, 9.17) is 4.74 Å². The highest BCUT2D eigenvalue weighted by molar-refractivity contribution is 7.98. The molecule has 1 heterocycles. The Hall–Kier alpha value is -1.04. The Labute approximate surface area is 143 Å². The van der Waals surface area contributed by atoms with E-state index in [2.05, 4.69) is 43.5 Å². The summed E-state index contributed by atoms with van der Waals surface area (Å²) in [6, 6.07) is 10.2. The molecule has 1 aromatic carbocycles. The Balaban J connectivity index is 1.78. The summed E-state index contributed by atoms with van der Waals surface area (Å²) < 4.78 is 5.23. The molecule has 5 heteroatoms. The number of carbonyl (C=O) groups excluding carboxylic acids is 1. The van der Waals surface area contributed by atoms with Crippen molar-refractivity contribution in [3.05, 3.63) is 35.9 Å². The molecule has 1 saturated heterocycles. The minimum Gasteiger partial charge on any atom is -0.372 e. The monoisotopic (exact) mass is 336 g/mol. The summed E-state index contributed by atoms with van der Waals surface area (Å²) in [6.45, 7) is 8.61. The molecule has 128 valence electrons. The van der Waals surface area contributed by atoms with E-state index in [9.17, 15) is 4.79 Å². The van der Waals surface area contributed by atoms with E-state index in [1.54, 1.807) is 11.8 Å². The van der Waals surface area contributed by atoms with Gasteiger partial charge in [-0.1, -0.05) is 51.1 Å². The predicted molar refractivity (Wildman–Crippen MR) is 96.6 cm³/mol. The van der Waals surface area contributed by atoms with Gasteiger partial charge in [-0.05, 0) is 11.0 Å². The van der Waals surface area contributed by atoms with Crippen LogP contribution >= 0.6 is 11.8 Å². The molecule has 0 aromatic heterocycles. The van der Waals surface area contributed by atoms with E-state index >= 15 is 0 Å². The average Bonchev–Trinajstić information content (AvgIpc) is 3.33. The number of amides is 1. The molecule has 0 bridgehead atoms. The number of thioether (sulfide) groups is 1. The molecule has 0 aliphatic carbocycles. The third-order valence-corrected chi connectivity index (χ3v) is 4.61. The molecule has 2 atom stereocenters. The van der Waals surface area contributed by atoms with Gasteiger partial charge in [0.1, 0.15) is 0 Å². The first kappa shape index (κ1) is 18.3. The number of ether oxygens (including phenoxy) is 1. The van der Waals surface area contributed by atoms with Crippen LogP contribution in [0.25, 0.3) is 0 Å². The van der Waals surface area contributed by atoms with Crippen molar-refractivity contribution in [2.75, 3.05) is 25.4 Å². The fraction of sp³-hybridized carbons (Fsp3) is 0.611. The maximum atomic E-state index is 12.4. The molecule has 0 spiro atoms. The van der Waals surface area contributed by atoms with Crippen molar-refractivity contribution in [3.8, 4) is 0 Å². The lowest BCUT2D eigenvalue weighted by Crippen LogP contribution is -2.48. The van der Waals surface area contributed by atoms with E-state index in [0.717, 1.165) is 24.7 Å². The molecule has 1 amide bonds. The van der Waals surface area contributed by atoms with Crippen molar-refractivity contribution < 1.29 is 9.53 Å². The van der Waals surface area contributed by atoms with Crippen molar-refractivity contribution in [2.24, 2.45) is 5.41 Å². The van der Waals surface area contributed by atoms with Crippen LogP contribution in [0.15, 0.2) is 30.3 Å². The van der Waals surface area contributed by atoms with Crippen LogP contribution in [-0.2, 0) is 15.3 Å². The van der Waals surface area contributed by atoms with E-state index in [1.807, 2.05) is 18.2 Å². The zero-order chi connectivity index (χ0) is 16.7. The van der Waals surface area contributed by atoms with Gasteiger partial charge in [0.15, 0.2) is 0 Å². The Bertz CT molecular complexity index is 484. The van der Waals surface area contributed by atoms with Crippen molar-refractivity contribution in [2.45, 2.75) is 38.7 Å². The van der Waals surface area contributed by atoms with E-state index in [0.29, 0.717) is 6.54 Å². The maximum Gasteiger partial charge on any atom is 0.238 e. The number of rotatable bonds is 9. The normalized spacial score (nSPS) is 18.5. The predicted octanol–water partition coefficient (Wildman–Crippen LogP) is 2.44. The number of benzene rings is 1. The van der Waals surface area contributed by atoms with Crippen LogP contribution < -0.4 is 10.6 Å². The van der Waals surface area contributed by atoms with Gasteiger partial charge in [0.2, 0.25) is 5.91 Å². The lowest BCUT2D eigenvalue weighted by atomic mass is 9.97. The van der Waals surface area contributed by atoms with Gasteiger partial charge in [0, 0.05) is 24.6 Å². The first-order chi connectivity index (χ1) is 10.9. The zero-order valence-corrected chi connectivity index (χ0v) is 15.1. The van der Waals surface area contributed by atoms with Crippen LogP contribution in [0.4, 0.5) is 0 Å². The smallest absolute Gasteiger partial charge is 0.238 e. The molecule has 1 aliphatic heterocycles. The van der Waals surface area contributed by atoms with Gasteiger partial charge in [-0.25, -0.2) is 0 Å². The van der Waals surface area contributed by atoms with Crippen molar-refractivity contribution >= 4 is 17.7 Å². The van der Waals surface area contributed by atoms with Crippen LogP contribution in [0, 0.1) is 5.41 Å². The van der Waals surface area contributed by atoms with E-state index < -0.39 is 0 Å². The summed E-state index contributed by atoms with van der Waals surface area (Å²) in [5.41, 5.74) is 1.38. The summed E-state index contributed by atoms with van der Waals surface area (Å²) in [4.78, 5) is 12.4. The fourth-order valence-corrected chi connectivity index (χ4v) is 3.08. The van der Waals surface area contributed by atoms with Gasteiger partial charge in [0.25, 0.3) is 0 Å². The van der Waals surface area contributed by atoms with Gasteiger partial charge < -0.3 is 15.4 Å². The van der Waals surface area contributed by atoms with Gasteiger partial charge in [-0.2, -0.15) is 11.8 Å². The number of nitrogens with one attached hydrogen (secondary N) is 2. The highest BCUT2D eigenvalue weighted by Gasteiger charge is 2.26. The highest BCUT2D eigenvalue weighted by atomic mass is 32.2. The Morgan fingerprint density at radius 1 is 1.35 bits per heavy atom. The topological polar surface area (TPSA) is 53.7 Å². The largest absolute Gasteiger partial charge is 0.372 e. The Morgan fingerprint density at radius 2 is 2.04 bits per heavy atom. The second kappa shape index (κ2) is 8.71. The van der Waals surface area contributed by atoms with Crippen LogP contribution in [0.2, 0.25) is 0 Å². The third kappa shape index (κ3) is 7.86. The summed E-state index contributed by atoms with van der Waals surface area (Å²) in [7, 11) is 0. The second-order valence-electron chi connectivity index (χ2n) is 7.20. The first-order valence-electron chi connectivity index (χ1n) is 8.18. The maximum absolute atomic E-state index is 12.4. The molecule has 0 radical (unpaired) electrons. The van der Waals surface area contributed by atoms with Crippen LogP contribution in [0.1, 0.15) is 26.3 Å². The quantitative estimate of drug-likeness (QED) is 0.680. The Kier molecular flexibility index (Phi) is 6.93. The van der Waals surface area contributed by atoms with Crippen molar-refractivity contribution in [3.63, 3.8) is 0 Å². The fourth-order valence-electron chi connectivity index (χ4n) is 2.03. The van der Waals surface area contributed by atoms with E-state index in [1.165, 1.54) is 5.56 Å². The number of epoxide rings is 1.